The third kappa shape index (κ3) is 3.06. The molecule has 0 fully saturated rings. The number of Topliss-reactive ketones (excluding diaryl/α,β-unsaturated/α-hetero) is 1. The second kappa shape index (κ2) is 5.00. The van der Waals surface area contributed by atoms with Crippen LogP contribution in [0.2, 0.25) is 0 Å². The molecule has 2 heteroatoms. The van der Waals surface area contributed by atoms with Crippen LogP contribution in [0.1, 0.15) is 22.3 Å². The van der Waals surface area contributed by atoms with Gasteiger partial charge in [-0.25, -0.2) is 0 Å². The number of aryl methyl sites for hydroxylation is 2. The van der Waals surface area contributed by atoms with E-state index in [4.69, 9.17) is 4.42 Å². The van der Waals surface area contributed by atoms with E-state index in [-0.39, 0.29) is 5.78 Å². The smallest absolute Gasteiger partial charge is 0.141 e. The summed E-state index contributed by atoms with van der Waals surface area (Å²) < 4.78 is 4.95. The minimum absolute atomic E-state index is 0.217. The predicted octanol–water partition coefficient (Wildman–Crippen LogP) is 3.25. The molecule has 1 heterocycles. The largest absolute Gasteiger partial charge is 0.472 e. The summed E-state index contributed by atoms with van der Waals surface area (Å²) in [5.41, 5.74) is 4.52. The summed E-state index contributed by atoms with van der Waals surface area (Å²) in [6, 6.07) is 8.01. The summed E-state index contributed by atoms with van der Waals surface area (Å²) in [6.07, 6.45) is 4.16. The first-order valence-corrected chi connectivity index (χ1v) is 5.74. The maximum atomic E-state index is 11.8. The minimum atomic E-state index is 0.217. The Hall–Kier alpha value is -1.83. The quantitative estimate of drug-likeness (QED) is 0.804. The molecule has 0 aliphatic carbocycles. The van der Waals surface area contributed by atoms with Gasteiger partial charge in [0.05, 0.1) is 12.5 Å². The fourth-order valence-electron chi connectivity index (χ4n) is 1.82. The van der Waals surface area contributed by atoms with Gasteiger partial charge in [0.2, 0.25) is 0 Å². The molecule has 0 saturated heterocycles. The molecule has 0 spiro atoms. The van der Waals surface area contributed by atoms with Crippen LogP contribution >= 0.6 is 0 Å². The highest BCUT2D eigenvalue weighted by molar-refractivity contribution is 5.83. The van der Waals surface area contributed by atoms with Gasteiger partial charge in [0.25, 0.3) is 0 Å². The first-order chi connectivity index (χ1) is 8.15. The molecule has 0 aliphatic rings. The maximum Gasteiger partial charge on any atom is 0.141 e. The summed E-state index contributed by atoms with van der Waals surface area (Å²) in [5, 5.41) is 0. The Morgan fingerprint density at radius 3 is 2.47 bits per heavy atom. The van der Waals surface area contributed by atoms with Crippen molar-refractivity contribution in [1.82, 2.24) is 0 Å². The van der Waals surface area contributed by atoms with Gasteiger partial charge in [-0.15, -0.1) is 0 Å². The molecule has 0 radical (unpaired) electrons. The van der Waals surface area contributed by atoms with Crippen molar-refractivity contribution in [2.24, 2.45) is 0 Å². The van der Waals surface area contributed by atoms with E-state index in [0.29, 0.717) is 12.8 Å². The highest BCUT2D eigenvalue weighted by Gasteiger charge is 2.06. The van der Waals surface area contributed by atoms with E-state index >= 15 is 0 Å². The Morgan fingerprint density at radius 1 is 1.06 bits per heavy atom. The molecule has 2 nitrogen and oxygen atoms in total. The van der Waals surface area contributed by atoms with Crippen LogP contribution in [0.4, 0.5) is 0 Å². The monoisotopic (exact) mass is 228 g/mol. The second-order valence-corrected chi connectivity index (χ2v) is 4.44. The average Bonchev–Trinajstić information content (AvgIpc) is 2.76. The number of carbonyl (C=O) groups is 1. The molecule has 0 unspecified atom stereocenters. The van der Waals surface area contributed by atoms with Gasteiger partial charge >= 0.3 is 0 Å². The highest BCUT2D eigenvalue weighted by Crippen LogP contribution is 2.12. The molecule has 1 aromatic carbocycles. The Morgan fingerprint density at radius 2 is 1.82 bits per heavy atom. The van der Waals surface area contributed by atoms with Crippen molar-refractivity contribution in [3.8, 4) is 0 Å². The minimum Gasteiger partial charge on any atom is -0.472 e. The standard InChI is InChI=1S/C15H16O2/c1-11-3-4-13(7-12(11)2)8-15(16)9-14-5-6-17-10-14/h3-7,10H,8-9H2,1-2H3. The molecule has 0 N–H and O–H groups in total. The van der Waals surface area contributed by atoms with E-state index in [1.165, 1.54) is 11.1 Å². The van der Waals surface area contributed by atoms with Crippen molar-refractivity contribution in [3.05, 3.63) is 59.0 Å². The van der Waals surface area contributed by atoms with E-state index in [9.17, 15) is 4.79 Å². The maximum absolute atomic E-state index is 11.8. The van der Waals surface area contributed by atoms with Gasteiger partial charge in [-0.3, -0.25) is 4.79 Å². The van der Waals surface area contributed by atoms with Crippen LogP contribution in [0.25, 0.3) is 0 Å². The lowest BCUT2D eigenvalue weighted by atomic mass is 10.0. The van der Waals surface area contributed by atoms with Crippen LogP contribution in [0.5, 0.6) is 0 Å². The molecule has 1 aromatic heterocycles. The van der Waals surface area contributed by atoms with Crippen LogP contribution in [0.3, 0.4) is 0 Å². The van der Waals surface area contributed by atoms with Crippen LogP contribution in [-0.4, -0.2) is 5.78 Å². The Labute approximate surface area is 101 Å². The zero-order valence-electron chi connectivity index (χ0n) is 10.2. The number of ketones is 1. The second-order valence-electron chi connectivity index (χ2n) is 4.44. The van der Waals surface area contributed by atoms with Crippen LogP contribution < -0.4 is 0 Å². The predicted molar refractivity (Wildman–Crippen MR) is 67.0 cm³/mol. The summed E-state index contributed by atoms with van der Waals surface area (Å²) in [5.74, 6) is 0.217. The summed E-state index contributed by atoms with van der Waals surface area (Å²) in [4.78, 5) is 11.8. The molecule has 0 aliphatic heterocycles. The Kier molecular flexibility index (Phi) is 3.43. The van der Waals surface area contributed by atoms with Crippen molar-refractivity contribution < 1.29 is 9.21 Å². The molecule has 0 bridgehead atoms. The molecule has 0 atom stereocenters. The third-order valence-electron chi connectivity index (χ3n) is 2.95. The van der Waals surface area contributed by atoms with Gasteiger partial charge in [-0.05, 0) is 42.2 Å². The van der Waals surface area contributed by atoms with Crippen LogP contribution in [-0.2, 0) is 17.6 Å². The number of carbonyl (C=O) groups excluding carboxylic acids is 1. The third-order valence-corrected chi connectivity index (χ3v) is 2.95. The van der Waals surface area contributed by atoms with Crippen molar-refractivity contribution in [3.63, 3.8) is 0 Å². The zero-order valence-corrected chi connectivity index (χ0v) is 10.2. The van der Waals surface area contributed by atoms with Gasteiger partial charge in [0, 0.05) is 12.8 Å². The summed E-state index contributed by atoms with van der Waals surface area (Å²) >= 11 is 0. The van der Waals surface area contributed by atoms with E-state index in [1.54, 1.807) is 12.5 Å². The molecule has 88 valence electrons. The van der Waals surface area contributed by atoms with Crippen molar-refractivity contribution in [2.45, 2.75) is 26.7 Å². The first-order valence-electron chi connectivity index (χ1n) is 5.74. The number of hydrogen-bond donors (Lipinski definition) is 0. The van der Waals surface area contributed by atoms with Crippen molar-refractivity contribution >= 4 is 5.78 Å². The molecule has 2 aromatic rings. The molecular weight excluding hydrogens is 212 g/mol. The number of hydrogen-bond acceptors (Lipinski definition) is 2. The van der Waals surface area contributed by atoms with E-state index in [2.05, 4.69) is 26.0 Å². The first kappa shape index (κ1) is 11.6. The number of benzene rings is 1. The van der Waals surface area contributed by atoms with E-state index < -0.39 is 0 Å². The van der Waals surface area contributed by atoms with E-state index in [1.807, 2.05) is 12.1 Å². The average molecular weight is 228 g/mol. The highest BCUT2D eigenvalue weighted by atomic mass is 16.3. The van der Waals surface area contributed by atoms with Crippen molar-refractivity contribution in [2.75, 3.05) is 0 Å². The van der Waals surface area contributed by atoms with Gasteiger partial charge in [-0.2, -0.15) is 0 Å². The van der Waals surface area contributed by atoms with Crippen molar-refractivity contribution in [1.29, 1.82) is 0 Å². The molecule has 17 heavy (non-hydrogen) atoms. The SMILES string of the molecule is Cc1ccc(CC(=O)Cc2ccoc2)cc1C. The Balaban J connectivity index is 2.00. The summed E-state index contributed by atoms with van der Waals surface area (Å²) in [7, 11) is 0. The number of furan rings is 1. The fourth-order valence-corrected chi connectivity index (χ4v) is 1.82. The fraction of sp³-hybridized carbons (Fsp3) is 0.267. The molecular formula is C15H16O2. The molecule has 0 amide bonds. The van der Waals surface area contributed by atoms with Crippen LogP contribution in [0.15, 0.2) is 41.2 Å². The van der Waals surface area contributed by atoms with Gasteiger partial charge in [0.15, 0.2) is 0 Å². The lowest BCUT2D eigenvalue weighted by molar-refractivity contribution is -0.117. The summed E-state index contributed by atoms with van der Waals surface area (Å²) in [6.45, 7) is 4.14. The topological polar surface area (TPSA) is 30.2 Å². The lowest BCUT2D eigenvalue weighted by Gasteiger charge is -2.04. The van der Waals surface area contributed by atoms with Gasteiger partial charge in [0.1, 0.15) is 5.78 Å². The van der Waals surface area contributed by atoms with Gasteiger partial charge < -0.3 is 4.42 Å². The Bertz CT molecular complexity index is 510. The van der Waals surface area contributed by atoms with Crippen LogP contribution in [0, 0.1) is 13.8 Å². The van der Waals surface area contributed by atoms with E-state index in [0.717, 1.165) is 11.1 Å². The van der Waals surface area contributed by atoms with Gasteiger partial charge in [-0.1, -0.05) is 18.2 Å². The lowest BCUT2D eigenvalue weighted by Crippen LogP contribution is -2.06. The normalized spacial score (nSPS) is 10.5. The molecule has 0 saturated carbocycles. The molecule has 2 rings (SSSR count). The zero-order chi connectivity index (χ0) is 12.3. The number of rotatable bonds is 4.